The molecular formula is C37H33FN4O3S. The van der Waals surface area contributed by atoms with E-state index in [0.29, 0.717) is 17.5 Å². The first-order chi connectivity index (χ1) is 22.4. The van der Waals surface area contributed by atoms with Crippen LogP contribution in [0.4, 0.5) is 10.2 Å². The van der Waals surface area contributed by atoms with Crippen LogP contribution in [0.3, 0.4) is 0 Å². The van der Waals surface area contributed by atoms with Crippen LogP contribution in [0.1, 0.15) is 49.3 Å². The summed E-state index contributed by atoms with van der Waals surface area (Å²) in [6.07, 6.45) is 4.13. The fourth-order valence-electron chi connectivity index (χ4n) is 5.86. The zero-order chi connectivity index (χ0) is 32.1. The molecule has 1 amide bonds. The van der Waals surface area contributed by atoms with E-state index < -0.39 is 21.2 Å². The molecule has 0 aliphatic carbocycles. The van der Waals surface area contributed by atoms with Gasteiger partial charge in [0, 0.05) is 12.6 Å². The molecule has 0 atom stereocenters. The first kappa shape index (κ1) is 30.9. The fraction of sp³-hybridized carbons (Fsp3) is 0.162. The smallest absolute Gasteiger partial charge is 0.225 e. The van der Waals surface area contributed by atoms with Crippen molar-refractivity contribution < 1.29 is 17.6 Å². The van der Waals surface area contributed by atoms with Crippen molar-refractivity contribution in [3.8, 4) is 0 Å². The molecule has 0 fully saturated rings. The predicted molar refractivity (Wildman–Crippen MR) is 177 cm³/mol. The van der Waals surface area contributed by atoms with Gasteiger partial charge in [0.15, 0.2) is 11.5 Å². The Balaban J connectivity index is 1.65. The number of rotatable bonds is 11. The number of nitrogens with one attached hydrogen (secondary N) is 1. The third-order valence-electron chi connectivity index (χ3n) is 8.07. The quantitative estimate of drug-likeness (QED) is 0.116. The number of pyridine rings is 1. The molecule has 6 aromatic rings. The first-order valence-electron chi connectivity index (χ1n) is 15.2. The number of hydrogen-bond acceptors (Lipinski definition) is 5. The lowest BCUT2D eigenvalue weighted by Gasteiger charge is -2.36. The Morgan fingerprint density at radius 3 is 1.91 bits per heavy atom. The van der Waals surface area contributed by atoms with E-state index in [4.69, 9.17) is 10.1 Å². The van der Waals surface area contributed by atoms with Crippen molar-refractivity contribution in [1.82, 2.24) is 14.8 Å². The Morgan fingerprint density at radius 1 is 0.783 bits per heavy atom. The molecule has 0 bridgehead atoms. The van der Waals surface area contributed by atoms with Gasteiger partial charge < -0.3 is 5.32 Å². The molecule has 232 valence electrons. The molecule has 0 saturated carbocycles. The van der Waals surface area contributed by atoms with Gasteiger partial charge in [0.2, 0.25) is 15.7 Å². The lowest BCUT2D eigenvalue weighted by molar-refractivity contribution is -0.116. The van der Waals surface area contributed by atoms with Gasteiger partial charge in [0.05, 0.1) is 15.2 Å². The van der Waals surface area contributed by atoms with E-state index >= 15 is 0 Å². The summed E-state index contributed by atoms with van der Waals surface area (Å²) >= 11 is 0. The molecule has 7 nitrogen and oxygen atoms in total. The number of hydrogen-bond donors (Lipinski definition) is 1. The first-order valence-corrected chi connectivity index (χ1v) is 16.7. The van der Waals surface area contributed by atoms with Crippen LogP contribution in [0, 0.1) is 5.82 Å². The molecule has 0 radical (unpaired) electrons. The minimum absolute atomic E-state index is 0.142. The highest BCUT2D eigenvalue weighted by atomic mass is 32.2. The summed E-state index contributed by atoms with van der Waals surface area (Å²) in [6, 6.07) is 35.9. The highest BCUT2D eigenvalue weighted by Crippen LogP contribution is 2.43. The predicted octanol–water partition coefficient (Wildman–Crippen LogP) is 7.76. The summed E-state index contributed by atoms with van der Waals surface area (Å²) in [5.74, 6) is -0.711. The second-order valence-electron chi connectivity index (χ2n) is 11.1. The minimum atomic E-state index is -4.15. The van der Waals surface area contributed by atoms with Crippen LogP contribution in [-0.4, -0.2) is 29.1 Å². The van der Waals surface area contributed by atoms with Crippen molar-refractivity contribution in [1.29, 1.82) is 0 Å². The van der Waals surface area contributed by atoms with Gasteiger partial charge in [-0.1, -0.05) is 117 Å². The van der Waals surface area contributed by atoms with Gasteiger partial charge in [-0.05, 0) is 47.4 Å². The zero-order valence-electron chi connectivity index (χ0n) is 25.3. The number of sulfone groups is 1. The normalized spacial score (nSPS) is 11.9. The maximum absolute atomic E-state index is 14.1. The molecule has 4 aromatic carbocycles. The SMILES string of the molecule is CCCCCC(=O)Nc1nn(C(c2ccccc2)(c2ccccc2)c2ccccc2)c2ncc(S(=O)(=O)c3cccc(F)c3)cc12. The standard InChI is InChI=1S/C37H33FN4O3S/c1-2-3-7-23-34(43)40-35-33-25-32(46(44,45)31-22-14-21-30(38)24-31)26-39-36(33)42(41-35)37(27-15-8-4-9-16-27,28-17-10-5-11-18-28)29-19-12-6-13-20-29/h4-6,8-22,24-26H,2-3,7,23H2,1H3,(H,40,41,43). The van der Waals surface area contributed by atoms with E-state index in [1.54, 1.807) is 4.68 Å². The minimum Gasteiger partial charge on any atom is -0.309 e. The van der Waals surface area contributed by atoms with Crippen LogP contribution < -0.4 is 5.32 Å². The lowest BCUT2D eigenvalue weighted by atomic mass is 9.77. The molecule has 0 saturated heterocycles. The maximum Gasteiger partial charge on any atom is 0.225 e. The van der Waals surface area contributed by atoms with Gasteiger partial charge >= 0.3 is 0 Å². The molecule has 0 aliphatic rings. The third-order valence-corrected chi connectivity index (χ3v) is 9.79. The molecule has 46 heavy (non-hydrogen) atoms. The summed E-state index contributed by atoms with van der Waals surface area (Å²) in [4.78, 5) is 17.6. The summed E-state index contributed by atoms with van der Waals surface area (Å²) in [6.45, 7) is 2.07. The zero-order valence-corrected chi connectivity index (χ0v) is 26.1. The van der Waals surface area contributed by atoms with Crippen molar-refractivity contribution in [2.75, 3.05) is 5.32 Å². The van der Waals surface area contributed by atoms with E-state index in [9.17, 15) is 17.6 Å². The molecule has 9 heteroatoms. The number of benzene rings is 4. The average Bonchev–Trinajstić information content (AvgIpc) is 3.44. The van der Waals surface area contributed by atoms with E-state index in [1.807, 2.05) is 91.0 Å². The van der Waals surface area contributed by atoms with Gasteiger partial charge in [0.1, 0.15) is 11.4 Å². The van der Waals surface area contributed by atoms with Gasteiger partial charge in [-0.15, -0.1) is 0 Å². The van der Waals surface area contributed by atoms with E-state index in [0.717, 1.165) is 35.6 Å². The number of unbranched alkanes of at least 4 members (excludes halogenated alkanes) is 2. The number of anilines is 1. The molecule has 0 spiro atoms. The molecular weight excluding hydrogens is 599 g/mol. The van der Waals surface area contributed by atoms with Crippen LogP contribution in [0.5, 0.6) is 0 Å². The number of nitrogens with zero attached hydrogens (tertiary/aromatic N) is 3. The summed E-state index contributed by atoms with van der Waals surface area (Å²) in [7, 11) is -4.15. The highest BCUT2D eigenvalue weighted by molar-refractivity contribution is 7.91. The van der Waals surface area contributed by atoms with Crippen molar-refractivity contribution >= 4 is 32.6 Å². The summed E-state index contributed by atoms with van der Waals surface area (Å²) < 4.78 is 43.2. The van der Waals surface area contributed by atoms with Crippen molar-refractivity contribution in [3.05, 3.63) is 150 Å². The number of carbonyl (C=O) groups excluding carboxylic acids is 1. The number of amides is 1. The molecule has 2 heterocycles. The summed E-state index contributed by atoms with van der Waals surface area (Å²) in [5.41, 5.74) is 1.95. The van der Waals surface area contributed by atoms with Crippen LogP contribution in [-0.2, 0) is 20.2 Å². The molecule has 0 unspecified atom stereocenters. The topological polar surface area (TPSA) is 93.9 Å². The Labute approximate surface area is 267 Å². The highest BCUT2D eigenvalue weighted by Gasteiger charge is 2.41. The lowest BCUT2D eigenvalue weighted by Crippen LogP contribution is -2.38. The van der Waals surface area contributed by atoms with Crippen LogP contribution >= 0.6 is 0 Å². The van der Waals surface area contributed by atoms with E-state index in [1.165, 1.54) is 30.5 Å². The average molecular weight is 633 g/mol. The number of carbonyl (C=O) groups is 1. The van der Waals surface area contributed by atoms with Crippen LogP contribution in [0.2, 0.25) is 0 Å². The monoisotopic (exact) mass is 632 g/mol. The van der Waals surface area contributed by atoms with Crippen LogP contribution in [0.15, 0.2) is 137 Å². The molecule has 6 rings (SSSR count). The van der Waals surface area contributed by atoms with Gasteiger partial charge in [-0.3, -0.25) is 4.79 Å². The van der Waals surface area contributed by atoms with Crippen molar-refractivity contribution in [2.45, 2.75) is 47.9 Å². The molecule has 0 aliphatic heterocycles. The van der Waals surface area contributed by atoms with Crippen molar-refractivity contribution in [2.24, 2.45) is 0 Å². The summed E-state index contributed by atoms with van der Waals surface area (Å²) in [5, 5.41) is 8.33. The number of halogens is 1. The Kier molecular flexibility index (Phi) is 8.76. The Bertz CT molecular complexity index is 1990. The Morgan fingerprint density at radius 2 is 1.37 bits per heavy atom. The number of aromatic nitrogens is 3. The van der Waals surface area contributed by atoms with Crippen LogP contribution in [0.25, 0.3) is 11.0 Å². The maximum atomic E-state index is 14.1. The fourth-order valence-corrected chi connectivity index (χ4v) is 7.12. The Hall–Kier alpha value is -5.15. The van der Waals surface area contributed by atoms with Gasteiger partial charge in [-0.2, -0.15) is 5.10 Å². The third kappa shape index (κ3) is 5.70. The van der Waals surface area contributed by atoms with Crippen molar-refractivity contribution in [3.63, 3.8) is 0 Å². The number of fused-ring (bicyclic) bond motifs is 1. The van der Waals surface area contributed by atoms with Gasteiger partial charge in [-0.25, -0.2) is 22.5 Å². The largest absolute Gasteiger partial charge is 0.309 e. The van der Waals surface area contributed by atoms with E-state index in [-0.39, 0.29) is 27.9 Å². The van der Waals surface area contributed by atoms with E-state index in [2.05, 4.69) is 12.2 Å². The van der Waals surface area contributed by atoms with Gasteiger partial charge in [0.25, 0.3) is 0 Å². The second kappa shape index (κ2) is 13.1. The second-order valence-corrected chi connectivity index (χ2v) is 13.0. The molecule has 1 N–H and O–H groups in total. The molecule has 2 aromatic heterocycles.